The topological polar surface area (TPSA) is 61.9 Å². The molecule has 2 aliphatic heterocycles. The molecule has 6 nitrogen and oxygen atoms in total. The molecule has 0 bridgehead atoms. The standard InChI is InChI=1S/C19H27N3O3.ClH/c1-20-12-15-5-3-9-21(13-15)19(24)14-25-17-7-2-6-16(11-17)22-10-4-8-18(22)23;/h2,6-7,11,15,20H,3-5,8-10,12-14H2,1H3;1H. The third-order valence-corrected chi connectivity index (χ3v) is 4.93. The highest BCUT2D eigenvalue weighted by atomic mass is 35.5. The van der Waals surface area contributed by atoms with Gasteiger partial charge in [0.15, 0.2) is 6.61 Å². The third kappa shape index (κ3) is 5.11. The van der Waals surface area contributed by atoms with Gasteiger partial charge in [0.25, 0.3) is 5.91 Å². The fraction of sp³-hybridized carbons (Fsp3) is 0.579. The lowest BCUT2D eigenvalue weighted by atomic mass is 9.98. The van der Waals surface area contributed by atoms with Gasteiger partial charge >= 0.3 is 0 Å². The highest BCUT2D eigenvalue weighted by Gasteiger charge is 2.24. The quantitative estimate of drug-likeness (QED) is 0.819. The van der Waals surface area contributed by atoms with Gasteiger partial charge in [-0.2, -0.15) is 0 Å². The Morgan fingerprint density at radius 1 is 1.31 bits per heavy atom. The predicted molar refractivity (Wildman–Crippen MR) is 104 cm³/mol. The number of nitrogens with zero attached hydrogens (tertiary/aromatic N) is 2. The van der Waals surface area contributed by atoms with Gasteiger partial charge in [-0.25, -0.2) is 0 Å². The molecule has 0 aliphatic carbocycles. The summed E-state index contributed by atoms with van der Waals surface area (Å²) >= 11 is 0. The van der Waals surface area contributed by atoms with Gasteiger partial charge in [0.05, 0.1) is 0 Å². The summed E-state index contributed by atoms with van der Waals surface area (Å²) < 4.78 is 5.71. The van der Waals surface area contributed by atoms with Crippen LogP contribution in [0, 0.1) is 5.92 Å². The summed E-state index contributed by atoms with van der Waals surface area (Å²) in [6, 6.07) is 7.45. The van der Waals surface area contributed by atoms with Gasteiger partial charge in [0.1, 0.15) is 5.75 Å². The summed E-state index contributed by atoms with van der Waals surface area (Å²) in [5, 5.41) is 3.19. The summed E-state index contributed by atoms with van der Waals surface area (Å²) in [4.78, 5) is 28.0. The molecule has 0 aromatic heterocycles. The van der Waals surface area contributed by atoms with Crippen LogP contribution in [0.5, 0.6) is 5.75 Å². The highest BCUT2D eigenvalue weighted by molar-refractivity contribution is 5.95. The number of hydrogen-bond acceptors (Lipinski definition) is 4. The molecule has 1 aromatic carbocycles. The maximum atomic E-state index is 12.4. The molecule has 7 heteroatoms. The molecule has 0 saturated carbocycles. The number of likely N-dealkylation sites (tertiary alicyclic amines) is 1. The highest BCUT2D eigenvalue weighted by Crippen LogP contribution is 2.25. The Labute approximate surface area is 161 Å². The van der Waals surface area contributed by atoms with E-state index in [-0.39, 0.29) is 30.8 Å². The molecule has 144 valence electrons. The van der Waals surface area contributed by atoms with Crippen LogP contribution in [0.15, 0.2) is 24.3 Å². The van der Waals surface area contributed by atoms with Crippen LogP contribution in [0.2, 0.25) is 0 Å². The maximum Gasteiger partial charge on any atom is 0.260 e. The van der Waals surface area contributed by atoms with E-state index in [1.165, 1.54) is 0 Å². The van der Waals surface area contributed by atoms with Crippen LogP contribution in [0.25, 0.3) is 0 Å². The zero-order valence-electron chi connectivity index (χ0n) is 15.3. The number of carbonyl (C=O) groups excluding carboxylic acids is 2. The Kier molecular flexibility index (Phi) is 7.72. The third-order valence-electron chi connectivity index (χ3n) is 4.93. The Morgan fingerprint density at radius 3 is 2.88 bits per heavy atom. The molecule has 1 N–H and O–H groups in total. The fourth-order valence-electron chi connectivity index (χ4n) is 3.65. The number of halogens is 1. The lowest BCUT2D eigenvalue weighted by molar-refractivity contribution is -0.135. The number of nitrogens with one attached hydrogen (secondary N) is 1. The summed E-state index contributed by atoms with van der Waals surface area (Å²) in [6.45, 7) is 3.35. The number of hydrogen-bond donors (Lipinski definition) is 1. The number of ether oxygens (including phenoxy) is 1. The van der Waals surface area contributed by atoms with Gasteiger partial charge in [0, 0.05) is 37.8 Å². The van der Waals surface area contributed by atoms with Crippen LogP contribution in [0.1, 0.15) is 25.7 Å². The van der Waals surface area contributed by atoms with E-state index in [1.807, 2.05) is 36.2 Å². The van der Waals surface area contributed by atoms with Crippen molar-refractivity contribution in [1.29, 1.82) is 0 Å². The molecule has 1 unspecified atom stereocenters. The van der Waals surface area contributed by atoms with Crippen molar-refractivity contribution in [3.8, 4) is 5.75 Å². The number of piperidine rings is 1. The first-order chi connectivity index (χ1) is 12.2. The van der Waals surface area contributed by atoms with Gasteiger partial charge in [-0.3, -0.25) is 9.59 Å². The molecule has 2 heterocycles. The van der Waals surface area contributed by atoms with Crippen LogP contribution in [-0.4, -0.2) is 56.5 Å². The van der Waals surface area contributed by atoms with Crippen molar-refractivity contribution in [2.45, 2.75) is 25.7 Å². The number of carbonyl (C=O) groups is 2. The summed E-state index contributed by atoms with van der Waals surface area (Å²) in [6.07, 6.45) is 3.71. The largest absolute Gasteiger partial charge is 0.484 e. The lowest BCUT2D eigenvalue weighted by Crippen LogP contribution is -2.44. The van der Waals surface area contributed by atoms with Gasteiger partial charge < -0.3 is 19.9 Å². The SMILES string of the molecule is CNCC1CCCN(C(=O)COc2cccc(N3CCCC3=O)c2)C1.Cl. The smallest absolute Gasteiger partial charge is 0.260 e. The number of benzene rings is 1. The van der Waals surface area contributed by atoms with E-state index in [0.717, 1.165) is 51.1 Å². The summed E-state index contributed by atoms with van der Waals surface area (Å²) in [5.74, 6) is 1.34. The van der Waals surface area contributed by atoms with Crippen LogP contribution >= 0.6 is 12.4 Å². The normalized spacial score (nSPS) is 20.0. The second-order valence-corrected chi connectivity index (χ2v) is 6.84. The van der Waals surface area contributed by atoms with Gasteiger partial charge in [0.2, 0.25) is 5.91 Å². The number of rotatable bonds is 6. The molecule has 1 atom stereocenters. The lowest BCUT2D eigenvalue weighted by Gasteiger charge is -2.32. The van der Waals surface area contributed by atoms with Crippen LogP contribution in [0.3, 0.4) is 0 Å². The molecule has 0 spiro atoms. The van der Waals surface area contributed by atoms with E-state index >= 15 is 0 Å². The van der Waals surface area contributed by atoms with E-state index in [2.05, 4.69) is 5.32 Å². The average molecular weight is 382 g/mol. The van der Waals surface area contributed by atoms with Crippen LogP contribution < -0.4 is 15.0 Å². The second kappa shape index (κ2) is 9.78. The molecule has 1 aromatic rings. The van der Waals surface area contributed by atoms with Crippen molar-refractivity contribution >= 4 is 29.9 Å². The average Bonchev–Trinajstić information content (AvgIpc) is 3.06. The maximum absolute atomic E-state index is 12.4. The predicted octanol–water partition coefficient (Wildman–Crippen LogP) is 2.07. The first kappa shape index (κ1) is 20.5. The van der Waals surface area contributed by atoms with Crippen LogP contribution in [-0.2, 0) is 9.59 Å². The van der Waals surface area contributed by atoms with Gasteiger partial charge in [-0.15, -0.1) is 12.4 Å². The van der Waals surface area contributed by atoms with Gasteiger partial charge in [-0.05, 0) is 50.9 Å². The molecule has 2 amide bonds. The van der Waals surface area contributed by atoms with Gasteiger partial charge in [-0.1, -0.05) is 6.07 Å². The van der Waals surface area contributed by atoms with Crippen molar-refractivity contribution in [3.05, 3.63) is 24.3 Å². The molecule has 0 radical (unpaired) electrons. The minimum absolute atomic E-state index is 0. The molecule has 2 fully saturated rings. The fourth-order valence-corrected chi connectivity index (χ4v) is 3.65. The van der Waals surface area contributed by atoms with E-state index < -0.39 is 0 Å². The van der Waals surface area contributed by atoms with Crippen molar-refractivity contribution in [2.75, 3.05) is 44.7 Å². The zero-order chi connectivity index (χ0) is 17.6. The summed E-state index contributed by atoms with van der Waals surface area (Å²) in [7, 11) is 1.95. The zero-order valence-corrected chi connectivity index (χ0v) is 16.1. The Balaban J connectivity index is 0.00000243. The first-order valence-electron chi connectivity index (χ1n) is 9.13. The molecular formula is C19H28ClN3O3. The molecule has 3 rings (SSSR count). The molecule has 26 heavy (non-hydrogen) atoms. The minimum Gasteiger partial charge on any atom is -0.484 e. The van der Waals surface area contributed by atoms with Crippen molar-refractivity contribution < 1.29 is 14.3 Å². The number of anilines is 1. The Hall–Kier alpha value is -1.79. The molecule has 2 aliphatic rings. The summed E-state index contributed by atoms with van der Waals surface area (Å²) in [5.41, 5.74) is 0.847. The second-order valence-electron chi connectivity index (χ2n) is 6.84. The van der Waals surface area contributed by atoms with E-state index in [4.69, 9.17) is 4.74 Å². The number of amides is 2. The molecule has 2 saturated heterocycles. The van der Waals surface area contributed by atoms with E-state index in [1.54, 1.807) is 4.90 Å². The van der Waals surface area contributed by atoms with E-state index in [0.29, 0.717) is 18.1 Å². The van der Waals surface area contributed by atoms with Crippen molar-refractivity contribution in [1.82, 2.24) is 10.2 Å². The first-order valence-corrected chi connectivity index (χ1v) is 9.13. The van der Waals surface area contributed by atoms with Crippen LogP contribution in [0.4, 0.5) is 5.69 Å². The monoisotopic (exact) mass is 381 g/mol. The Morgan fingerprint density at radius 2 is 2.15 bits per heavy atom. The minimum atomic E-state index is 0. The molecular weight excluding hydrogens is 354 g/mol. The van der Waals surface area contributed by atoms with E-state index in [9.17, 15) is 9.59 Å². The van der Waals surface area contributed by atoms with Crippen molar-refractivity contribution in [2.24, 2.45) is 5.92 Å². The Bertz CT molecular complexity index is 624. The van der Waals surface area contributed by atoms with Crippen molar-refractivity contribution in [3.63, 3.8) is 0 Å².